The van der Waals surface area contributed by atoms with Crippen LogP contribution >= 0.6 is 24.0 Å². The van der Waals surface area contributed by atoms with Crippen LogP contribution in [0.5, 0.6) is 23.0 Å². The molecule has 2 heterocycles. The number of urea groups is 1. The van der Waals surface area contributed by atoms with Crippen LogP contribution in [0.25, 0.3) is 10.9 Å². The molecule has 0 unspecified atom stereocenters. The molecule has 1 aliphatic heterocycles. The van der Waals surface area contributed by atoms with Gasteiger partial charge in [0.15, 0.2) is 0 Å². The maximum absolute atomic E-state index is 12.9. The highest BCUT2D eigenvalue weighted by molar-refractivity contribution is 6.30. The standard InChI is InChI=1S/C26H21ClN4O5.ClH/c1-34-23-14-20-18(13-19(23)25(28)32)22(8-9-29-20)36-17-6-7-21-24(12-17)35-11-10-31(21)26(33)30-16-4-2-15(27)3-5-16;/h2-9,12-14H,10-11H2,1H3,(H2,28,32)(H,30,33);1H. The maximum atomic E-state index is 12.9. The fourth-order valence-electron chi connectivity index (χ4n) is 3.92. The number of halogens is 2. The van der Waals surface area contributed by atoms with Crippen molar-refractivity contribution in [3.8, 4) is 23.0 Å². The Morgan fingerprint density at radius 1 is 1.08 bits per heavy atom. The van der Waals surface area contributed by atoms with Crippen LogP contribution < -0.4 is 30.2 Å². The van der Waals surface area contributed by atoms with E-state index in [1.165, 1.54) is 7.11 Å². The van der Waals surface area contributed by atoms with Gasteiger partial charge in [-0.2, -0.15) is 0 Å². The molecule has 9 nitrogen and oxygen atoms in total. The number of primary amides is 1. The summed E-state index contributed by atoms with van der Waals surface area (Å²) in [5.41, 5.74) is 7.56. The van der Waals surface area contributed by atoms with Crippen molar-refractivity contribution in [2.75, 3.05) is 30.5 Å². The summed E-state index contributed by atoms with van der Waals surface area (Å²) in [5.74, 6) is 1.17. The minimum Gasteiger partial charge on any atom is -0.496 e. The molecule has 3 amide bonds. The van der Waals surface area contributed by atoms with Gasteiger partial charge in [-0.05, 0) is 48.5 Å². The zero-order valence-electron chi connectivity index (χ0n) is 19.6. The molecule has 0 spiro atoms. The van der Waals surface area contributed by atoms with E-state index < -0.39 is 5.91 Å². The highest BCUT2D eigenvalue weighted by Crippen LogP contribution is 2.38. The van der Waals surface area contributed by atoms with Gasteiger partial charge in [0.1, 0.15) is 29.6 Å². The molecule has 4 aromatic rings. The highest BCUT2D eigenvalue weighted by Gasteiger charge is 2.25. The number of carbonyl (C=O) groups is 2. The molecule has 0 aliphatic carbocycles. The topological polar surface area (TPSA) is 116 Å². The lowest BCUT2D eigenvalue weighted by atomic mass is 10.1. The van der Waals surface area contributed by atoms with Gasteiger partial charge >= 0.3 is 6.03 Å². The molecule has 0 fully saturated rings. The zero-order chi connectivity index (χ0) is 25.2. The minimum atomic E-state index is -0.622. The zero-order valence-corrected chi connectivity index (χ0v) is 21.1. The van der Waals surface area contributed by atoms with Crippen LogP contribution in [0, 0.1) is 0 Å². The number of anilines is 2. The summed E-state index contributed by atoms with van der Waals surface area (Å²) in [6.07, 6.45) is 1.60. The Morgan fingerprint density at radius 2 is 1.86 bits per heavy atom. The lowest BCUT2D eigenvalue weighted by molar-refractivity contribution is 0.0997. The van der Waals surface area contributed by atoms with Crippen LogP contribution in [0.1, 0.15) is 10.4 Å². The second kappa shape index (κ2) is 10.8. The van der Waals surface area contributed by atoms with Gasteiger partial charge in [-0.3, -0.25) is 14.7 Å². The number of ether oxygens (including phenoxy) is 3. The SMILES string of the molecule is COc1cc2nccc(Oc3ccc4c(c3)OCCN4C(=O)Nc3ccc(Cl)cc3)c2cc1C(N)=O.Cl. The van der Waals surface area contributed by atoms with E-state index in [4.69, 9.17) is 31.5 Å². The van der Waals surface area contributed by atoms with Gasteiger partial charge in [0.2, 0.25) is 0 Å². The van der Waals surface area contributed by atoms with Gasteiger partial charge < -0.3 is 25.3 Å². The molecule has 190 valence electrons. The molecular formula is C26H22Cl2N4O5. The summed E-state index contributed by atoms with van der Waals surface area (Å²) in [4.78, 5) is 30.7. The van der Waals surface area contributed by atoms with E-state index in [1.54, 1.807) is 71.8 Å². The van der Waals surface area contributed by atoms with Gasteiger partial charge in [0.05, 0.1) is 30.4 Å². The molecule has 3 aromatic carbocycles. The Bertz CT molecular complexity index is 1480. The van der Waals surface area contributed by atoms with Crippen molar-refractivity contribution in [1.82, 2.24) is 4.98 Å². The van der Waals surface area contributed by atoms with Crippen molar-refractivity contribution in [2.45, 2.75) is 0 Å². The van der Waals surface area contributed by atoms with Gasteiger partial charge in [-0.25, -0.2) is 4.79 Å². The maximum Gasteiger partial charge on any atom is 0.326 e. The number of rotatable bonds is 5. The number of pyridine rings is 1. The van der Waals surface area contributed by atoms with Gasteiger partial charge in [-0.15, -0.1) is 12.4 Å². The van der Waals surface area contributed by atoms with E-state index in [0.717, 1.165) is 0 Å². The van der Waals surface area contributed by atoms with Gasteiger partial charge in [0, 0.05) is 34.4 Å². The second-order valence-electron chi connectivity index (χ2n) is 7.91. The Kier molecular flexibility index (Phi) is 7.56. The predicted molar refractivity (Wildman–Crippen MR) is 144 cm³/mol. The number of aromatic nitrogens is 1. The number of amides is 3. The third-order valence-electron chi connectivity index (χ3n) is 5.65. The summed E-state index contributed by atoms with van der Waals surface area (Å²) in [6.45, 7) is 0.712. The first-order valence-corrected chi connectivity index (χ1v) is 11.4. The average Bonchev–Trinajstić information content (AvgIpc) is 2.88. The first-order valence-electron chi connectivity index (χ1n) is 11.0. The van der Waals surface area contributed by atoms with Crippen LogP contribution in [0.4, 0.5) is 16.2 Å². The van der Waals surface area contributed by atoms with Crippen LogP contribution in [0.15, 0.2) is 66.9 Å². The summed E-state index contributed by atoms with van der Waals surface area (Å²) in [6, 6.07) is 16.7. The fraction of sp³-hybridized carbons (Fsp3) is 0.115. The Morgan fingerprint density at radius 3 is 2.59 bits per heavy atom. The first kappa shape index (κ1) is 25.9. The van der Waals surface area contributed by atoms with Gasteiger partial charge in [-0.1, -0.05) is 11.6 Å². The van der Waals surface area contributed by atoms with Crippen molar-refractivity contribution >= 4 is 58.2 Å². The van der Waals surface area contributed by atoms with Crippen LogP contribution in [0.2, 0.25) is 5.02 Å². The third kappa shape index (κ3) is 5.32. The fourth-order valence-corrected chi connectivity index (χ4v) is 4.05. The molecule has 0 bridgehead atoms. The molecule has 0 atom stereocenters. The lowest BCUT2D eigenvalue weighted by Crippen LogP contribution is -2.40. The van der Waals surface area contributed by atoms with Crippen molar-refractivity contribution in [1.29, 1.82) is 0 Å². The number of hydrogen-bond acceptors (Lipinski definition) is 6. The van der Waals surface area contributed by atoms with E-state index in [0.29, 0.717) is 63.5 Å². The van der Waals surface area contributed by atoms with E-state index in [9.17, 15) is 9.59 Å². The Hall–Kier alpha value is -4.21. The van der Waals surface area contributed by atoms with Crippen LogP contribution in [-0.2, 0) is 0 Å². The molecule has 5 rings (SSSR count). The van der Waals surface area contributed by atoms with E-state index in [1.807, 2.05) is 0 Å². The van der Waals surface area contributed by atoms with Crippen LogP contribution in [0.3, 0.4) is 0 Å². The minimum absolute atomic E-state index is 0. The number of hydrogen-bond donors (Lipinski definition) is 2. The summed E-state index contributed by atoms with van der Waals surface area (Å²) < 4.78 is 17.2. The largest absolute Gasteiger partial charge is 0.496 e. The van der Waals surface area contributed by atoms with Gasteiger partial charge in [0.25, 0.3) is 5.91 Å². The van der Waals surface area contributed by atoms with E-state index in [-0.39, 0.29) is 24.0 Å². The number of nitrogens with zero attached hydrogens (tertiary/aromatic N) is 2. The molecule has 1 aromatic heterocycles. The monoisotopic (exact) mass is 540 g/mol. The molecule has 3 N–H and O–H groups in total. The normalized spacial score (nSPS) is 12.1. The molecule has 11 heteroatoms. The van der Waals surface area contributed by atoms with Crippen molar-refractivity contribution in [3.63, 3.8) is 0 Å². The lowest BCUT2D eigenvalue weighted by Gasteiger charge is -2.30. The number of nitrogens with two attached hydrogens (primary N) is 1. The molecule has 0 saturated heterocycles. The number of fused-ring (bicyclic) bond motifs is 2. The molecule has 0 saturated carbocycles. The van der Waals surface area contributed by atoms with Crippen molar-refractivity contribution in [3.05, 3.63) is 77.4 Å². The number of nitrogens with one attached hydrogen (secondary N) is 1. The van der Waals surface area contributed by atoms with E-state index in [2.05, 4.69) is 10.3 Å². The Balaban J connectivity index is 0.00000320. The molecular weight excluding hydrogens is 519 g/mol. The molecule has 1 aliphatic rings. The van der Waals surface area contributed by atoms with Crippen molar-refractivity contribution in [2.24, 2.45) is 5.73 Å². The van der Waals surface area contributed by atoms with E-state index >= 15 is 0 Å². The summed E-state index contributed by atoms with van der Waals surface area (Å²) in [5, 5.41) is 4.04. The molecule has 37 heavy (non-hydrogen) atoms. The first-order chi connectivity index (χ1) is 17.4. The smallest absolute Gasteiger partial charge is 0.326 e. The number of benzene rings is 3. The quantitative estimate of drug-likeness (QED) is 0.338. The van der Waals surface area contributed by atoms with Crippen molar-refractivity contribution < 1.29 is 23.8 Å². The summed E-state index contributed by atoms with van der Waals surface area (Å²) >= 11 is 5.92. The number of carbonyl (C=O) groups excluding carboxylic acids is 2. The second-order valence-corrected chi connectivity index (χ2v) is 8.35. The van der Waals surface area contributed by atoms with Crippen LogP contribution in [-0.4, -0.2) is 37.2 Å². The molecule has 0 radical (unpaired) electrons. The third-order valence-corrected chi connectivity index (χ3v) is 5.90. The number of methoxy groups -OCH3 is 1. The predicted octanol–water partition coefficient (Wildman–Crippen LogP) is 5.64. The summed E-state index contributed by atoms with van der Waals surface area (Å²) in [7, 11) is 1.46. The highest BCUT2D eigenvalue weighted by atomic mass is 35.5. The average molecular weight is 541 g/mol. The Labute approximate surface area is 223 Å².